The molecule has 0 heterocycles. The monoisotopic (exact) mass is 170 g/mol. The van der Waals surface area contributed by atoms with Crippen molar-refractivity contribution in [1.29, 1.82) is 0 Å². The number of hydrazine groups is 1. The highest BCUT2D eigenvalue weighted by atomic mass is 15.3. The maximum Gasteiger partial charge on any atom is 0.203 e. The summed E-state index contributed by atoms with van der Waals surface area (Å²) in [6, 6.07) is 0. The van der Waals surface area contributed by atoms with Gasteiger partial charge in [-0.05, 0) is 24.2 Å². The number of hydrogen-bond donors (Lipinski definition) is 3. The number of rotatable bonds is 3. The maximum atomic E-state index is 5.42. The van der Waals surface area contributed by atoms with Crippen molar-refractivity contribution in [2.75, 3.05) is 6.54 Å². The molecule has 70 valence electrons. The van der Waals surface area contributed by atoms with Gasteiger partial charge in [0.25, 0.3) is 0 Å². The van der Waals surface area contributed by atoms with E-state index >= 15 is 0 Å². The highest BCUT2D eigenvalue weighted by Gasteiger charge is 2.44. The molecule has 0 bridgehead atoms. The zero-order valence-corrected chi connectivity index (χ0v) is 7.80. The van der Waals surface area contributed by atoms with Crippen LogP contribution in [0.25, 0.3) is 0 Å². The molecule has 4 nitrogen and oxygen atoms in total. The van der Waals surface area contributed by atoms with Gasteiger partial charge in [0.05, 0.1) is 0 Å². The van der Waals surface area contributed by atoms with Crippen LogP contribution >= 0.6 is 0 Å². The lowest BCUT2D eigenvalue weighted by molar-refractivity contribution is 0.370. The Bertz CT molecular complexity index is 181. The number of nitrogens with two attached hydrogens (primary N) is 2. The molecule has 0 aliphatic heterocycles. The van der Waals surface area contributed by atoms with Crippen molar-refractivity contribution >= 4 is 5.96 Å². The second-order valence-corrected chi connectivity index (χ2v) is 3.86. The lowest BCUT2D eigenvalue weighted by Gasteiger charge is -2.16. The summed E-state index contributed by atoms with van der Waals surface area (Å²) in [5, 5.41) is 0. The first kappa shape index (κ1) is 9.32. The Kier molecular flexibility index (Phi) is 2.57. The zero-order valence-electron chi connectivity index (χ0n) is 7.80. The number of nitrogens with one attached hydrogen (secondary N) is 1. The predicted octanol–water partition coefficient (Wildman–Crippen LogP) is 0.201. The van der Waals surface area contributed by atoms with Gasteiger partial charge in [-0.2, -0.15) is 0 Å². The first-order valence-electron chi connectivity index (χ1n) is 4.37. The van der Waals surface area contributed by atoms with E-state index in [4.69, 9.17) is 11.6 Å². The highest BCUT2D eigenvalue weighted by molar-refractivity contribution is 5.77. The van der Waals surface area contributed by atoms with E-state index in [2.05, 4.69) is 24.3 Å². The van der Waals surface area contributed by atoms with Gasteiger partial charge in [0.15, 0.2) is 0 Å². The van der Waals surface area contributed by atoms with Crippen LogP contribution in [-0.4, -0.2) is 12.5 Å². The van der Waals surface area contributed by atoms with E-state index in [9.17, 15) is 0 Å². The van der Waals surface area contributed by atoms with Crippen molar-refractivity contribution in [1.82, 2.24) is 5.43 Å². The Balaban J connectivity index is 2.41. The lowest BCUT2D eigenvalue weighted by Crippen LogP contribution is -2.37. The van der Waals surface area contributed by atoms with Crippen LogP contribution < -0.4 is 17.0 Å². The fourth-order valence-electron chi connectivity index (χ4n) is 1.37. The fourth-order valence-corrected chi connectivity index (χ4v) is 1.37. The van der Waals surface area contributed by atoms with E-state index < -0.39 is 0 Å². The predicted molar refractivity (Wildman–Crippen MR) is 50.3 cm³/mol. The number of nitrogens with zero attached hydrogens (tertiary/aromatic N) is 1. The molecule has 0 atom stereocenters. The summed E-state index contributed by atoms with van der Waals surface area (Å²) in [6.45, 7) is 5.27. The van der Waals surface area contributed by atoms with Crippen LogP contribution in [0.3, 0.4) is 0 Å². The number of guanidine groups is 1. The topological polar surface area (TPSA) is 76.4 Å². The first-order valence-corrected chi connectivity index (χ1v) is 4.37. The molecule has 0 radical (unpaired) electrons. The average molecular weight is 170 g/mol. The van der Waals surface area contributed by atoms with Gasteiger partial charge < -0.3 is 5.73 Å². The van der Waals surface area contributed by atoms with Crippen molar-refractivity contribution in [2.45, 2.75) is 26.7 Å². The molecule has 1 aliphatic carbocycles. The van der Waals surface area contributed by atoms with Crippen LogP contribution in [-0.2, 0) is 0 Å². The van der Waals surface area contributed by atoms with E-state index in [0.29, 0.717) is 17.3 Å². The molecular weight excluding hydrogens is 152 g/mol. The molecule has 4 heteroatoms. The van der Waals surface area contributed by atoms with Gasteiger partial charge in [0.1, 0.15) is 0 Å². The largest absolute Gasteiger partial charge is 0.369 e. The molecular formula is C8H18N4. The molecule has 0 spiro atoms. The lowest BCUT2D eigenvalue weighted by atomic mass is 9.93. The third-order valence-corrected chi connectivity index (χ3v) is 2.83. The third kappa shape index (κ3) is 1.88. The molecule has 0 aromatic carbocycles. The van der Waals surface area contributed by atoms with E-state index in [1.807, 2.05) is 0 Å². The molecule has 0 unspecified atom stereocenters. The zero-order chi connectivity index (χ0) is 9.19. The molecule has 0 aromatic rings. The van der Waals surface area contributed by atoms with Crippen molar-refractivity contribution < 1.29 is 0 Å². The molecule has 12 heavy (non-hydrogen) atoms. The minimum Gasteiger partial charge on any atom is -0.369 e. The molecule has 1 fully saturated rings. The van der Waals surface area contributed by atoms with E-state index in [-0.39, 0.29) is 0 Å². The molecule has 1 aliphatic rings. The summed E-state index contributed by atoms with van der Waals surface area (Å²) in [7, 11) is 0. The summed E-state index contributed by atoms with van der Waals surface area (Å²) in [5.41, 5.74) is 8.17. The van der Waals surface area contributed by atoms with Gasteiger partial charge in [-0.25, -0.2) is 5.84 Å². The summed E-state index contributed by atoms with van der Waals surface area (Å²) in [6.07, 6.45) is 2.54. The van der Waals surface area contributed by atoms with Crippen molar-refractivity contribution in [3.05, 3.63) is 0 Å². The molecule has 1 rings (SSSR count). The maximum absolute atomic E-state index is 5.42. The average Bonchev–Trinajstić information content (AvgIpc) is 2.81. The minimum atomic E-state index is 0.335. The van der Waals surface area contributed by atoms with Crippen LogP contribution in [0.15, 0.2) is 4.99 Å². The fraction of sp³-hybridized carbons (Fsp3) is 0.875. The molecule has 1 saturated carbocycles. The van der Waals surface area contributed by atoms with Crippen molar-refractivity contribution in [3.63, 3.8) is 0 Å². The van der Waals surface area contributed by atoms with Crippen LogP contribution in [0.2, 0.25) is 0 Å². The van der Waals surface area contributed by atoms with E-state index in [0.717, 1.165) is 6.54 Å². The van der Waals surface area contributed by atoms with Gasteiger partial charge in [-0.1, -0.05) is 13.8 Å². The summed E-state index contributed by atoms with van der Waals surface area (Å²) in [4.78, 5) is 4.16. The molecule has 0 saturated heterocycles. The third-order valence-electron chi connectivity index (χ3n) is 2.83. The van der Waals surface area contributed by atoms with Crippen LogP contribution in [0.4, 0.5) is 0 Å². The van der Waals surface area contributed by atoms with Gasteiger partial charge >= 0.3 is 0 Å². The highest BCUT2D eigenvalue weighted by Crippen LogP contribution is 2.51. The normalized spacial score (nSPS) is 21.2. The van der Waals surface area contributed by atoms with E-state index in [1.165, 1.54) is 12.8 Å². The Morgan fingerprint density at radius 2 is 2.17 bits per heavy atom. The summed E-state index contributed by atoms with van der Waals surface area (Å²) < 4.78 is 0. The van der Waals surface area contributed by atoms with Crippen molar-refractivity contribution in [2.24, 2.45) is 27.9 Å². The minimum absolute atomic E-state index is 0.335. The second kappa shape index (κ2) is 3.31. The number of hydrogen-bond acceptors (Lipinski definition) is 2. The SMILES string of the molecule is CC(C)C1(CN=C(N)NN)CC1. The van der Waals surface area contributed by atoms with Gasteiger partial charge in [0.2, 0.25) is 5.96 Å². The summed E-state index contributed by atoms with van der Waals surface area (Å²) >= 11 is 0. The molecule has 0 amide bonds. The van der Waals surface area contributed by atoms with E-state index in [1.54, 1.807) is 0 Å². The Labute approximate surface area is 73.4 Å². The van der Waals surface area contributed by atoms with Crippen molar-refractivity contribution in [3.8, 4) is 0 Å². The molecule has 5 N–H and O–H groups in total. The van der Waals surface area contributed by atoms with Crippen LogP contribution in [0.5, 0.6) is 0 Å². The Morgan fingerprint density at radius 3 is 2.50 bits per heavy atom. The van der Waals surface area contributed by atoms with Crippen LogP contribution in [0, 0.1) is 11.3 Å². The Hall–Kier alpha value is -0.770. The van der Waals surface area contributed by atoms with Gasteiger partial charge in [-0.3, -0.25) is 10.4 Å². The first-order chi connectivity index (χ1) is 5.60. The van der Waals surface area contributed by atoms with Gasteiger partial charge in [-0.15, -0.1) is 0 Å². The number of aliphatic imine (C=N–C) groups is 1. The second-order valence-electron chi connectivity index (χ2n) is 3.86. The smallest absolute Gasteiger partial charge is 0.203 e. The summed E-state index contributed by atoms with van der Waals surface area (Å²) in [5.74, 6) is 6.11. The molecule has 0 aromatic heterocycles. The quantitative estimate of drug-likeness (QED) is 0.245. The standard InChI is InChI=1S/C8H18N4/c1-6(2)8(3-4-8)5-11-7(9)12-10/h6H,3-5,10H2,1-2H3,(H3,9,11,12). The Morgan fingerprint density at radius 1 is 1.58 bits per heavy atom. The van der Waals surface area contributed by atoms with Gasteiger partial charge in [0, 0.05) is 6.54 Å². The van der Waals surface area contributed by atoms with Crippen LogP contribution in [0.1, 0.15) is 26.7 Å².